The maximum absolute atomic E-state index is 12.0. The van der Waals surface area contributed by atoms with E-state index in [4.69, 9.17) is 5.73 Å². The van der Waals surface area contributed by atoms with Gasteiger partial charge in [0.15, 0.2) is 0 Å². The minimum atomic E-state index is -0.475. The fraction of sp³-hybridized carbons (Fsp3) is 0.231. The number of primary amides is 1. The lowest BCUT2D eigenvalue weighted by Gasteiger charge is -2.15. The molecule has 0 unspecified atom stereocenters. The Morgan fingerprint density at radius 1 is 1.30 bits per heavy atom. The minimum Gasteiger partial charge on any atom is -0.366 e. The van der Waals surface area contributed by atoms with Gasteiger partial charge in [0.1, 0.15) is 5.82 Å². The van der Waals surface area contributed by atoms with E-state index in [0.717, 1.165) is 5.56 Å². The van der Waals surface area contributed by atoms with Crippen molar-refractivity contribution in [3.05, 3.63) is 47.0 Å². The van der Waals surface area contributed by atoms with Crippen LogP contribution in [0.2, 0.25) is 0 Å². The van der Waals surface area contributed by atoms with E-state index in [1.807, 2.05) is 0 Å². The van der Waals surface area contributed by atoms with Gasteiger partial charge in [-0.3, -0.25) is 14.7 Å². The normalized spacial score (nSPS) is 10.3. The maximum atomic E-state index is 12.0. The lowest BCUT2D eigenvalue weighted by Crippen LogP contribution is -2.27. The maximum Gasteiger partial charge on any atom is 0.293 e. The second-order valence-electron chi connectivity index (χ2n) is 4.47. The van der Waals surface area contributed by atoms with E-state index in [9.17, 15) is 9.59 Å². The number of nitrogens with one attached hydrogen (secondary N) is 1. The number of H-pyrrole nitrogens is 1. The number of nitrogens with two attached hydrogens (primary N) is 1. The number of aromatic nitrogens is 3. The van der Waals surface area contributed by atoms with Crippen molar-refractivity contribution in [2.75, 3.05) is 7.05 Å². The van der Waals surface area contributed by atoms with E-state index in [1.54, 1.807) is 38.2 Å². The fourth-order valence-corrected chi connectivity index (χ4v) is 1.73. The molecule has 0 atom stereocenters. The van der Waals surface area contributed by atoms with E-state index in [1.165, 1.54) is 4.90 Å². The standard InChI is InChI=1S/C13H15N5O2/c1-8-15-12(17-16-8)13(20)18(2)7-9-3-5-10(6-4-9)11(14)19/h3-6H,7H2,1-2H3,(H2,14,19)(H,15,16,17). The van der Waals surface area contributed by atoms with Crippen molar-refractivity contribution in [1.82, 2.24) is 20.1 Å². The number of carbonyl (C=O) groups excluding carboxylic acids is 2. The van der Waals surface area contributed by atoms with Crippen LogP contribution in [0.5, 0.6) is 0 Å². The topological polar surface area (TPSA) is 105 Å². The van der Waals surface area contributed by atoms with Gasteiger partial charge in [-0.2, -0.15) is 0 Å². The Labute approximate surface area is 115 Å². The molecule has 0 fully saturated rings. The summed E-state index contributed by atoms with van der Waals surface area (Å²) < 4.78 is 0. The van der Waals surface area contributed by atoms with Gasteiger partial charge in [0, 0.05) is 19.2 Å². The van der Waals surface area contributed by atoms with Crippen LogP contribution in [0.4, 0.5) is 0 Å². The van der Waals surface area contributed by atoms with E-state index in [2.05, 4.69) is 15.2 Å². The highest BCUT2D eigenvalue weighted by Gasteiger charge is 2.16. The van der Waals surface area contributed by atoms with Gasteiger partial charge in [-0.25, -0.2) is 4.98 Å². The molecule has 7 nitrogen and oxygen atoms in total. The minimum absolute atomic E-state index is 0.138. The number of hydrogen-bond donors (Lipinski definition) is 2. The van der Waals surface area contributed by atoms with Crippen LogP contribution in [0.25, 0.3) is 0 Å². The number of benzene rings is 1. The fourth-order valence-electron chi connectivity index (χ4n) is 1.73. The molecule has 0 saturated carbocycles. The lowest BCUT2D eigenvalue weighted by molar-refractivity contribution is 0.0773. The Morgan fingerprint density at radius 3 is 2.45 bits per heavy atom. The predicted molar refractivity (Wildman–Crippen MR) is 71.9 cm³/mol. The van der Waals surface area contributed by atoms with Crippen molar-refractivity contribution in [3.8, 4) is 0 Å². The van der Waals surface area contributed by atoms with E-state index < -0.39 is 5.91 Å². The van der Waals surface area contributed by atoms with Crippen molar-refractivity contribution < 1.29 is 9.59 Å². The molecule has 2 amide bonds. The van der Waals surface area contributed by atoms with Crippen LogP contribution in [0, 0.1) is 6.92 Å². The third-order valence-corrected chi connectivity index (χ3v) is 2.79. The summed E-state index contributed by atoms with van der Waals surface area (Å²) >= 11 is 0. The van der Waals surface area contributed by atoms with Crippen LogP contribution in [0.15, 0.2) is 24.3 Å². The molecule has 1 heterocycles. The van der Waals surface area contributed by atoms with Crippen LogP contribution < -0.4 is 5.73 Å². The van der Waals surface area contributed by atoms with Crippen molar-refractivity contribution in [2.24, 2.45) is 5.73 Å². The molecule has 0 spiro atoms. The summed E-state index contributed by atoms with van der Waals surface area (Å²) in [5.41, 5.74) is 6.49. The molecular weight excluding hydrogens is 258 g/mol. The number of carbonyl (C=O) groups is 2. The molecule has 2 rings (SSSR count). The Balaban J connectivity index is 2.05. The third-order valence-electron chi connectivity index (χ3n) is 2.79. The number of aromatic amines is 1. The summed E-state index contributed by atoms with van der Waals surface area (Å²) in [6.45, 7) is 2.12. The predicted octanol–water partition coefficient (Wildman–Crippen LogP) is 0.484. The van der Waals surface area contributed by atoms with Crippen molar-refractivity contribution in [1.29, 1.82) is 0 Å². The first-order valence-corrected chi connectivity index (χ1v) is 6.00. The summed E-state index contributed by atoms with van der Waals surface area (Å²) in [4.78, 5) is 28.5. The average molecular weight is 273 g/mol. The Morgan fingerprint density at radius 2 is 1.95 bits per heavy atom. The van der Waals surface area contributed by atoms with Crippen LogP contribution in [0.1, 0.15) is 32.4 Å². The summed E-state index contributed by atoms with van der Waals surface area (Å²) in [5, 5.41) is 6.46. The van der Waals surface area contributed by atoms with Gasteiger partial charge in [0.25, 0.3) is 5.91 Å². The molecule has 0 bridgehead atoms. The highest BCUT2D eigenvalue weighted by molar-refractivity contribution is 5.92. The van der Waals surface area contributed by atoms with Crippen LogP contribution in [0.3, 0.4) is 0 Å². The van der Waals surface area contributed by atoms with Crippen molar-refractivity contribution >= 4 is 11.8 Å². The second-order valence-corrected chi connectivity index (χ2v) is 4.47. The highest BCUT2D eigenvalue weighted by Crippen LogP contribution is 2.08. The molecule has 3 N–H and O–H groups in total. The Kier molecular flexibility index (Phi) is 3.79. The average Bonchev–Trinajstić information content (AvgIpc) is 2.85. The first-order valence-electron chi connectivity index (χ1n) is 6.00. The molecule has 20 heavy (non-hydrogen) atoms. The summed E-state index contributed by atoms with van der Waals surface area (Å²) in [7, 11) is 1.66. The molecule has 0 aliphatic heterocycles. The largest absolute Gasteiger partial charge is 0.366 e. The smallest absolute Gasteiger partial charge is 0.293 e. The van der Waals surface area contributed by atoms with Gasteiger partial charge in [-0.05, 0) is 24.6 Å². The Bertz CT molecular complexity index is 632. The molecule has 0 saturated heterocycles. The monoisotopic (exact) mass is 273 g/mol. The highest BCUT2D eigenvalue weighted by atomic mass is 16.2. The molecule has 1 aromatic carbocycles. The molecular formula is C13H15N5O2. The Hall–Kier alpha value is -2.70. The van der Waals surface area contributed by atoms with Gasteiger partial charge < -0.3 is 10.6 Å². The number of rotatable bonds is 4. The van der Waals surface area contributed by atoms with Gasteiger partial charge in [-0.1, -0.05) is 12.1 Å². The van der Waals surface area contributed by atoms with E-state index in [0.29, 0.717) is 17.9 Å². The van der Waals surface area contributed by atoms with E-state index >= 15 is 0 Å². The number of amides is 2. The van der Waals surface area contributed by atoms with Crippen LogP contribution in [-0.4, -0.2) is 38.9 Å². The molecule has 1 aromatic heterocycles. The van der Waals surface area contributed by atoms with E-state index in [-0.39, 0.29) is 11.7 Å². The first-order chi connectivity index (χ1) is 9.47. The molecule has 7 heteroatoms. The van der Waals surface area contributed by atoms with Crippen LogP contribution >= 0.6 is 0 Å². The number of nitrogens with zero attached hydrogens (tertiary/aromatic N) is 3. The summed E-state index contributed by atoms with van der Waals surface area (Å²) in [6.07, 6.45) is 0. The molecule has 2 aromatic rings. The SMILES string of the molecule is Cc1nc(C(=O)N(C)Cc2ccc(C(N)=O)cc2)n[nH]1. The molecule has 0 aliphatic rings. The molecule has 0 radical (unpaired) electrons. The molecule has 0 aliphatic carbocycles. The van der Waals surface area contributed by atoms with Gasteiger partial charge in [-0.15, -0.1) is 5.10 Å². The van der Waals surface area contributed by atoms with Gasteiger partial charge in [0.2, 0.25) is 11.7 Å². The first kappa shape index (κ1) is 13.7. The van der Waals surface area contributed by atoms with Crippen molar-refractivity contribution in [3.63, 3.8) is 0 Å². The zero-order valence-electron chi connectivity index (χ0n) is 11.3. The van der Waals surface area contributed by atoms with Gasteiger partial charge >= 0.3 is 0 Å². The lowest BCUT2D eigenvalue weighted by atomic mass is 10.1. The van der Waals surface area contributed by atoms with Crippen molar-refractivity contribution in [2.45, 2.75) is 13.5 Å². The second kappa shape index (κ2) is 5.52. The zero-order chi connectivity index (χ0) is 14.7. The van der Waals surface area contributed by atoms with Crippen LogP contribution in [-0.2, 0) is 6.54 Å². The van der Waals surface area contributed by atoms with Gasteiger partial charge in [0.05, 0.1) is 0 Å². The summed E-state index contributed by atoms with van der Waals surface area (Å²) in [5.74, 6) is -0.0168. The number of aryl methyl sites for hydroxylation is 1. The zero-order valence-corrected chi connectivity index (χ0v) is 11.3. The quantitative estimate of drug-likeness (QED) is 0.845. The molecule has 104 valence electrons. The third kappa shape index (κ3) is 3.00. The summed E-state index contributed by atoms with van der Waals surface area (Å²) in [6, 6.07) is 6.78. The number of hydrogen-bond acceptors (Lipinski definition) is 4.